The van der Waals surface area contributed by atoms with E-state index in [1.165, 1.54) is 5.56 Å². The molecule has 2 aromatic rings. The standard InChI is InChI=1S/C14H16ClN3/c1-10-4-3-6-18-14(10)13(16-2)8-11-5-7-17-9-12(11)15/h3-7,9,13,16H,8H2,1-2H3. The van der Waals surface area contributed by atoms with Gasteiger partial charge in [-0.05, 0) is 43.7 Å². The summed E-state index contributed by atoms with van der Waals surface area (Å²) in [7, 11) is 1.94. The van der Waals surface area contributed by atoms with E-state index in [0.717, 1.165) is 17.7 Å². The van der Waals surface area contributed by atoms with Gasteiger partial charge in [0.1, 0.15) is 0 Å². The molecule has 2 heterocycles. The lowest BCUT2D eigenvalue weighted by Crippen LogP contribution is -2.21. The molecule has 0 fully saturated rings. The van der Waals surface area contributed by atoms with E-state index >= 15 is 0 Å². The first-order chi connectivity index (χ1) is 8.72. The van der Waals surface area contributed by atoms with Gasteiger partial charge in [0.15, 0.2) is 0 Å². The predicted octanol–water partition coefficient (Wildman–Crippen LogP) is 2.94. The molecule has 1 unspecified atom stereocenters. The molecule has 18 heavy (non-hydrogen) atoms. The molecule has 2 aromatic heterocycles. The van der Waals surface area contributed by atoms with E-state index in [-0.39, 0.29) is 6.04 Å². The molecular formula is C14H16ClN3. The highest BCUT2D eigenvalue weighted by Gasteiger charge is 2.15. The van der Waals surface area contributed by atoms with Crippen molar-refractivity contribution in [3.8, 4) is 0 Å². The zero-order valence-corrected chi connectivity index (χ0v) is 11.3. The fourth-order valence-corrected chi connectivity index (χ4v) is 2.18. The third-order valence-corrected chi connectivity index (χ3v) is 3.35. The molecule has 0 aliphatic carbocycles. The molecule has 2 rings (SSSR count). The lowest BCUT2D eigenvalue weighted by molar-refractivity contribution is 0.572. The molecule has 94 valence electrons. The third kappa shape index (κ3) is 2.86. The summed E-state index contributed by atoms with van der Waals surface area (Å²) in [6.45, 7) is 2.07. The van der Waals surface area contributed by atoms with Gasteiger partial charge in [0.05, 0.1) is 16.8 Å². The van der Waals surface area contributed by atoms with Crippen LogP contribution in [0.15, 0.2) is 36.8 Å². The fourth-order valence-electron chi connectivity index (χ4n) is 1.99. The average Bonchev–Trinajstić information content (AvgIpc) is 2.39. The van der Waals surface area contributed by atoms with Crippen LogP contribution in [0.5, 0.6) is 0 Å². The Kier molecular flexibility index (Phi) is 4.28. The van der Waals surface area contributed by atoms with Crippen molar-refractivity contribution < 1.29 is 0 Å². The number of rotatable bonds is 4. The second-order valence-corrected chi connectivity index (χ2v) is 4.63. The van der Waals surface area contributed by atoms with Crippen LogP contribution >= 0.6 is 11.6 Å². The minimum atomic E-state index is 0.158. The molecule has 1 N–H and O–H groups in total. The zero-order chi connectivity index (χ0) is 13.0. The van der Waals surface area contributed by atoms with Crippen molar-refractivity contribution in [3.63, 3.8) is 0 Å². The quantitative estimate of drug-likeness (QED) is 0.920. The largest absolute Gasteiger partial charge is 0.311 e. The minimum absolute atomic E-state index is 0.158. The van der Waals surface area contributed by atoms with Gasteiger partial charge in [0.2, 0.25) is 0 Å². The number of aryl methyl sites for hydroxylation is 1. The van der Waals surface area contributed by atoms with E-state index in [2.05, 4.69) is 28.3 Å². The van der Waals surface area contributed by atoms with Crippen LogP contribution in [0.3, 0.4) is 0 Å². The summed E-state index contributed by atoms with van der Waals surface area (Å²) in [5.74, 6) is 0. The molecule has 0 saturated carbocycles. The Morgan fingerprint density at radius 2 is 2.17 bits per heavy atom. The monoisotopic (exact) mass is 261 g/mol. The Bertz CT molecular complexity index is 528. The van der Waals surface area contributed by atoms with E-state index < -0.39 is 0 Å². The van der Waals surface area contributed by atoms with Crippen LogP contribution in [0, 0.1) is 6.92 Å². The number of halogens is 1. The number of pyridine rings is 2. The molecule has 3 nitrogen and oxygen atoms in total. The van der Waals surface area contributed by atoms with E-state index in [4.69, 9.17) is 11.6 Å². The first-order valence-electron chi connectivity index (χ1n) is 5.89. The smallest absolute Gasteiger partial charge is 0.0622 e. The molecule has 0 aromatic carbocycles. The highest BCUT2D eigenvalue weighted by atomic mass is 35.5. The van der Waals surface area contributed by atoms with Gasteiger partial charge in [-0.15, -0.1) is 0 Å². The first-order valence-corrected chi connectivity index (χ1v) is 6.27. The lowest BCUT2D eigenvalue weighted by Gasteiger charge is -2.18. The van der Waals surface area contributed by atoms with Crippen LogP contribution in [0.25, 0.3) is 0 Å². The third-order valence-electron chi connectivity index (χ3n) is 3.01. The van der Waals surface area contributed by atoms with Crippen LogP contribution in [0.4, 0.5) is 0 Å². The van der Waals surface area contributed by atoms with Crippen molar-refractivity contribution in [1.29, 1.82) is 0 Å². The summed E-state index contributed by atoms with van der Waals surface area (Å²) < 4.78 is 0. The van der Waals surface area contributed by atoms with Gasteiger partial charge < -0.3 is 5.32 Å². The van der Waals surface area contributed by atoms with Crippen LogP contribution in [0.2, 0.25) is 5.02 Å². The van der Waals surface area contributed by atoms with E-state index in [9.17, 15) is 0 Å². The predicted molar refractivity (Wildman–Crippen MR) is 73.7 cm³/mol. The summed E-state index contributed by atoms with van der Waals surface area (Å²) in [4.78, 5) is 8.45. The molecule has 0 aliphatic heterocycles. The molecule has 0 radical (unpaired) electrons. The summed E-state index contributed by atoms with van der Waals surface area (Å²) in [5, 5.41) is 3.99. The van der Waals surface area contributed by atoms with Gasteiger partial charge in [0, 0.05) is 18.6 Å². The van der Waals surface area contributed by atoms with E-state index in [0.29, 0.717) is 5.02 Å². The average molecular weight is 262 g/mol. The SMILES string of the molecule is CNC(Cc1ccncc1Cl)c1ncccc1C. The first kappa shape index (κ1) is 13.0. The Labute approximate surface area is 112 Å². The maximum Gasteiger partial charge on any atom is 0.0622 e. The Morgan fingerprint density at radius 3 is 2.83 bits per heavy atom. The lowest BCUT2D eigenvalue weighted by atomic mass is 10.0. The second-order valence-electron chi connectivity index (χ2n) is 4.22. The number of nitrogens with one attached hydrogen (secondary N) is 1. The summed E-state index contributed by atoms with van der Waals surface area (Å²) in [6.07, 6.45) is 6.06. The number of aromatic nitrogens is 2. The number of nitrogens with zero attached hydrogens (tertiary/aromatic N) is 2. The van der Waals surface area contributed by atoms with Gasteiger partial charge in [0.25, 0.3) is 0 Å². The number of hydrogen-bond acceptors (Lipinski definition) is 3. The van der Waals surface area contributed by atoms with Gasteiger partial charge in [-0.2, -0.15) is 0 Å². The zero-order valence-electron chi connectivity index (χ0n) is 10.5. The highest BCUT2D eigenvalue weighted by molar-refractivity contribution is 6.31. The molecular weight excluding hydrogens is 246 g/mol. The summed E-state index contributed by atoms with van der Waals surface area (Å²) >= 11 is 6.14. The Morgan fingerprint density at radius 1 is 1.33 bits per heavy atom. The topological polar surface area (TPSA) is 37.8 Å². The van der Waals surface area contributed by atoms with Crippen LogP contribution < -0.4 is 5.32 Å². The number of likely N-dealkylation sites (N-methyl/N-ethyl adjacent to an activating group) is 1. The van der Waals surface area contributed by atoms with E-state index in [1.807, 2.05) is 25.4 Å². The van der Waals surface area contributed by atoms with Crippen LogP contribution in [0.1, 0.15) is 22.9 Å². The highest BCUT2D eigenvalue weighted by Crippen LogP contribution is 2.23. The van der Waals surface area contributed by atoms with E-state index in [1.54, 1.807) is 12.4 Å². The molecule has 0 spiro atoms. The van der Waals surface area contributed by atoms with Crippen molar-refractivity contribution in [2.24, 2.45) is 0 Å². The summed E-state index contributed by atoms with van der Waals surface area (Å²) in [6, 6.07) is 6.13. The Balaban J connectivity index is 2.26. The van der Waals surface area contributed by atoms with Crippen molar-refractivity contribution in [2.45, 2.75) is 19.4 Å². The normalized spacial score (nSPS) is 12.4. The maximum absolute atomic E-state index is 6.14. The van der Waals surface area contributed by atoms with Crippen molar-refractivity contribution in [2.75, 3.05) is 7.05 Å². The van der Waals surface area contributed by atoms with Gasteiger partial charge in [-0.3, -0.25) is 9.97 Å². The molecule has 0 amide bonds. The molecule has 1 atom stereocenters. The van der Waals surface area contributed by atoms with Crippen LogP contribution in [-0.2, 0) is 6.42 Å². The van der Waals surface area contributed by atoms with Crippen molar-refractivity contribution in [3.05, 3.63) is 58.6 Å². The molecule has 0 aliphatic rings. The molecule has 0 bridgehead atoms. The number of hydrogen-bond donors (Lipinski definition) is 1. The second kappa shape index (κ2) is 5.94. The Hall–Kier alpha value is -1.45. The van der Waals surface area contributed by atoms with Gasteiger partial charge in [-0.1, -0.05) is 17.7 Å². The van der Waals surface area contributed by atoms with Crippen molar-refractivity contribution in [1.82, 2.24) is 15.3 Å². The fraction of sp³-hybridized carbons (Fsp3) is 0.286. The maximum atomic E-state index is 6.14. The summed E-state index contributed by atoms with van der Waals surface area (Å²) in [5.41, 5.74) is 3.32. The van der Waals surface area contributed by atoms with Gasteiger partial charge >= 0.3 is 0 Å². The molecule has 0 saturated heterocycles. The molecule has 4 heteroatoms. The van der Waals surface area contributed by atoms with Gasteiger partial charge in [-0.25, -0.2) is 0 Å². The minimum Gasteiger partial charge on any atom is -0.311 e. The van der Waals surface area contributed by atoms with Crippen LogP contribution in [-0.4, -0.2) is 17.0 Å². The van der Waals surface area contributed by atoms with Crippen molar-refractivity contribution >= 4 is 11.6 Å².